The average molecular weight is 297 g/mol. The summed E-state index contributed by atoms with van der Waals surface area (Å²) in [7, 11) is 0. The molecule has 0 bridgehead atoms. The van der Waals surface area contributed by atoms with Crippen LogP contribution in [0.4, 0.5) is 0 Å². The maximum atomic E-state index is 12.7. The van der Waals surface area contributed by atoms with Crippen molar-refractivity contribution in [3.8, 4) is 0 Å². The molecule has 2 saturated heterocycles. The minimum atomic E-state index is -0.314. The fraction of sp³-hybridized carbons (Fsp3) is 0.867. The van der Waals surface area contributed by atoms with Gasteiger partial charge in [-0.3, -0.25) is 9.59 Å². The van der Waals surface area contributed by atoms with E-state index in [2.05, 4.69) is 0 Å². The Balaban J connectivity index is 2.07. The van der Waals surface area contributed by atoms with Gasteiger partial charge in [0.15, 0.2) is 0 Å². The Kier molecular flexibility index (Phi) is 5.58. The molecule has 3 atom stereocenters. The van der Waals surface area contributed by atoms with Gasteiger partial charge >= 0.3 is 0 Å². The van der Waals surface area contributed by atoms with Crippen molar-refractivity contribution in [2.24, 2.45) is 11.7 Å². The molecule has 0 aromatic carbocycles. The zero-order valence-electron chi connectivity index (χ0n) is 13.1. The van der Waals surface area contributed by atoms with E-state index in [0.29, 0.717) is 32.8 Å². The Hall–Kier alpha value is -1.14. The number of piperidine rings is 1. The minimum absolute atomic E-state index is 0.0105. The number of amides is 2. The lowest BCUT2D eigenvalue weighted by atomic mass is 9.96. The molecule has 0 aliphatic carbocycles. The highest BCUT2D eigenvalue weighted by Gasteiger charge is 2.37. The molecule has 0 spiro atoms. The molecule has 0 aromatic rings. The van der Waals surface area contributed by atoms with Gasteiger partial charge in [0.1, 0.15) is 6.04 Å². The summed E-state index contributed by atoms with van der Waals surface area (Å²) in [5, 5.41) is 0. The van der Waals surface area contributed by atoms with Crippen LogP contribution in [0.1, 0.15) is 33.1 Å². The van der Waals surface area contributed by atoms with Crippen molar-refractivity contribution < 1.29 is 14.3 Å². The summed E-state index contributed by atoms with van der Waals surface area (Å²) in [6.45, 7) is 6.77. The highest BCUT2D eigenvalue weighted by Crippen LogP contribution is 2.22. The number of morpholine rings is 1. The highest BCUT2D eigenvalue weighted by molar-refractivity contribution is 5.89. The van der Waals surface area contributed by atoms with Crippen molar-refractivity contribution >= 4 is 11.8 Å². The van der Waals surface area contributed by atoms with Crippen molar-refractivity contribution in [2.45, 2.75) is 45.2 Å². The van der Waals surface area contributed by atoms with E-state index in [-0.39, 0.29) is 29.8 Å². The van der Waals surface area contributed by atoms with Gasteiger partial charge in [0.2, 0.25) is 11.8 Å². The van der Waals surface area contributed by atoms with Crippen molar-refractivity contribution in [1.29, 1.82) is 0 Å². The lowest BCUT2D eigenvalue weighted by molar-refractivity contribution is -0.152. The number of carbonyl (C=O) groups excluding carboxylic acids is 2. The Bertz CT molecular complexity index is 380. The summed E-state index contributed by atoms with van der Waals surface area (Å²) < 4.78 is 5.29. The first kappa shape index (κ1) is 16.2. The first-order valence-corrected chi connectivity index (χ1v) is 7.95. The number of ether oxygens (including phenoxy) is 1. The summed E-state index contributed by atoms with van der Waals surface area (Å²) in [4.78, 5) is 28.9. The fourth-order valence-corrected chi connectivity index (χ4v) is 2.93. The SMILES string of the molecule is CC(N)C(C)C(=O)N1CCCCC1C(=O)N1CCOCC1. The second kappa shape index (κ2) is 7.22. The van der Waals surface area contributed by atoms with Crippen LogP contribution >= 0.6 is 0 Å². The predicted octanol–water partition coefficient (Wildman–Crippen LogP) is 0.210. The third-order valence-electron chi connectivity index (χ3n) is 4.57. The summed E-state index contributed by atoms with van der Waals surface area (Å²) in [5.41, 5.74) is 5.85. The van der Waals surface area contributed by atoms with Crippen LogP contribution in [0.5, 0.6) is 0 Å². The van der Waals surface area contributed by atoms with Gasteiger partial charge in [0.25, 0.3) is 0 Å². The third-order valence-corrected chi connectivity index (χ3v) is 4.57. The fourth-order valence-electron chi connectivity index (χ4n) is 2.93. The Morgan fingerprint density at radius 1 is 1.14 bits per heavy atom. The number of likely N-dealkylation sites (tertiary alicyclic amines) is 1. The number of nitrogens with zero attached hydrogens (tertiary/aromatic N) is 2. The van der Waals surface area contributed by atoms with Crippen LogP contribution in [0.3, 0.4) is 0 Å². The van der Waals surface area contributed by atoms with Gasteiger partial charge in [0.05, 0.1) is 19.1 Å². The summed E-state index contributed by atoms with van der Waals surface area (Å²) in [6.07, 6.45) is 2.72. The molecule has 0 radical (unpaired) electrons. The molecule has 21 heavy (non-hydrogen) atoms. The van der Waals surface area contributed by atoms with E-state index in [1.165, 1.54) is 0 Å². The predicted molar refractivity (Wildman–Crippen MR) is 79.6 cm³/mol. The molecule has 0 aromatic heterocycles. The van der Waals surface area contributed by atoms with Gasteiger partial charge in [-0.25, -0.2) is 0 Å². The zero-order valence-corrected chi connectivity index (χ0v) is 13.1. The summed E-state index contributed by atoms with van der Waals surface area (Å²) >= 11 is 0. The molecule has 0 saturated carbocycles. The standard InChI is InChI=1S/C15H27N3O3/c1-11(12(2)16)14(19)18-6-4-3-5-13(18)15(20)17-7-9-21-10-8-17/h11-13H,3-10,16H2,1-2H3. The van der Waals surface area contributed by atoms with Crippen LogP contribution in [0.15, 0.2) is 0 Å². The molecule has 2 fully saturated rings. The normalized spacial score (nSPS) is 26.3. The van der Waals surface area contributed by atoms with Crippen LogP contribution in [0.25, 0.3) is 0 Å². The van der Waals surface area contributed by atoms with Crippen LogP contribution in [0.2, 0.25) is 0 Å². The molecule has 2 rings (SSSR count). The molecule has 2 heterocycles. The minimum Gasteiger partial charge on any atom is -0.378 e. The van der Waals surface area contributed by atoms with E-state index in [1.807, 2.05) is 18.7 Å². The topological polar surface area (TPSA) is 75.9 Å². The molecule has 6 nitrogen and oxygen atoms in total. The molecule has 2 amide bonds. The largest absolute Gasteiger partial charge is 0.378 e. The first-order chi connectivity index (χ1) is 10.0. The molecule has 6 heteroatoms. The second-order valence-electron chi connectivity index (χ2n) is 6.13. The molecule has 2 N–H and O–H groups in total. The van der Waals surface area contributed by atoms with E-state index in [1.54, 1.807) is 4.90 Å². The molecule has 3 unspecified atom stereocenters. The lowest BCUT2D eigenvalue weighted by Crippen LogP contribution is -2.57. The number of nitrogens with two attached hydrogens (primary N) is 1. The van der Waals surface area contributed by atoms with Crippen molar-refractivity contribution in [2.75, 3.05) is 32.8 Å². The van der Waals surface area contributed by atoms with Crippen molar-refractivity contribution in [3.05, 3.63) is 0 Å². The smallest absolute Gasteiger partial charge is 0.245 e. The number of carbonyl (C=O) groups is 2. The molecular weight excluding hydrogens is 270 g/mol. The van der Waals surface area contributed by atoms with Crippen LogP contribution < -0.4 is 5.73 Å². The Morgan fingerprint density at radius 3 is 2.43 bits per heavy atom. The second-order valence-corrected chi connectivity index (χ2v) is 6.13. The maximum Gasteiger partial charge on any atom is 0.245 e. The van der Waals surface area contributed by atoms with Gasteiger partial charge in [-0.1, -0.05) is 6.92 Å². The van der Waals surface area contributed by atoms with E-state index in [9.17, 15) is 9.59 Å². The monoisotopic (exact) mass is 297 g/mol. The quantitative estimate of drug-likeness (QED) is 0.808. The summed E-state index contributed by atoms with van der Waals surface area (Å²) in [6, 6.07) is -0.510. The van der Waals surface area contributed by atoms with Crippen LogP contribution in [0, 0.1) is 5.92 Å². The maximum absolute atomic E-state index is 12.7. The lowest BCUT2D eigenvalue weighted by Gasteiger charge is -2.40. The number of hydrogen-bond donors (Lipinski definition) is 1. The van der Waals surface area contributed by atoms with Gasteiger partial charge in [-0.15, -0.1) is 0 Å². The zero-order chi connectivity index (χ0) is 15.4. The average Bonchev–Trinajstić information content (AvgIpc) is 2.53. The van der Waals surface area contributed by atoms with E-state index >= 15 is 0 Å². The van der Waals surface area contributed by atoms with E-state index in [4.69, 9.17) is 10.5 Å². The highest BCUT2D eigenvalue weighted by atomic mass is 16.5. The van der Waals surface area contributed by atoms with Gasteiger partial charge in [-0.2, -0.15) is 0 Å². The van der Waals surface area contributed by atoms with Gasteiger partial charge < -0.3 is 20.3 Å². The molecular formula is C15H27N3O3. The molecule has 2 aliphatic heterocycles. The Labute approximate surface area is 126 Å². The van der Waals surface area contributed by atoms with Crippen molar-refractivity contribution in [1.82, 2.24) is 9.80 Å². The van der Waals surface area contributed by atoms with E-state index < -0.39 is 0 Å². The number of hydrogen-bond acceptors (Lipinski definition) is 4. The first-order valence-electron chi connectivity index (χ1n) is 7.95. The Morgan fingerprint density at radius 2 is 1.81 bits per heavy atom. The molecule has 2 aliphatic rings. The van der Waals surface area contributed by atoms with E-state index in [0.717, 1.165) is 19.3 Å². The van der Waals surface area contributed by atoms with Crippen LogP contribution in [-0.4, -0.2) is 66.5 Å². The molecule has 120 valence electrons. The van der Waals surface area contributed by atoms with Gasteiger partial charge in [-0.05, 0) is 26.2 Å². The third kappa shape index (κ3) is 3.74. The van der Waals surface area contributed by atoms with Crippen LogP contribution in [-0.2, 0) is 14.3 Å². The summed E-state index contributed by atoms with van der Waals surface area (Å²) in [5.74, 6) is -0.164. The van der Waals surface area contributed by atoms with Crippen molar-refractivity contribution in [3.63, 3.8) is 0 Å². The number of rotatable bonds is 3. The van der Waals surface area contributed by atoms with Gasteiger partial charge in [0, 0.05) is 25.7 Å².